The van der Waals surface area contributed by atoms with E-state index >= 15 is 0 Å². The van der Waals surface area contributed by atoms with Gasteiger partial charge in [0.25, 0.3) is 0 Å². The zero-order chi connectivity index (χ0) is 16.8. The molecule has 1 aromatic heterocycles. The maximum atomic E-state index is 14.3. The molecule has 0 saturated heterocycles. The Morgan fingerprint density at radius 2 is 1.92 bits per heavy atom. The molecule has 3 nitrogen and oxygen atoms in total. The Labute approximate surface area is 138 Å². The van der Waals surface area contributed by atoms with Crippen molar-refractivity contribution in [1.29, 1.82) is 0 Å². The predicted molar refractivity (Wildman–Crippen MR) is 90.6 cm³/mol. The van der Waals surface area contributed by atoms with E-state index < -0.39 is 11.6 Å². The normalized spacial score (nSPS) is 13.0. The van der Waals surface area contributed by atoms with Crippen LogP contribution in [-0.2, 0) is 6.42 Å². The first-order valence-corrected chi connectivity index (χ1v) is 7.93. The van der Waals surface area contributed by atoms with Gasteiger partial charge in [0.2, 0.25) is 0 Å². The Morgan fingerprint density at radius 1 is 1.08 bits per heavy atom. The third kappa shape index (κ3) is 2.28. The van der Waals surface area contributed by atoms with Crippen molar-refractivity contribution in [3.8, 4) is 16.9 Å². The van der Waals surface area contributed by atoms with Crippen molar-refractivity contribution in [2.24, 2.45) is 0 Å². The summed E-state index contributed by atoms with van der Waals surface area (Å²) in [5.41, 5.74) is 5.07. The Morgan fingerprint density at radius 3 is 2.71 bits per heavy atom. The highest BCUT2D eigenvalue weighted by molar-refractivity contribution is 5.73. The van der Waals surface area contributed by atoms with Gasteiger partial charge in [0, 0.05) is 23.7 Å². The summed E-state index contributed by atoms with van der Waals surface area (Å²) in [5.74, 6) is -0.280. The van der Waals surface area contributed by atoms with Gasteiger partial charge in [-0.2, -0.15) is 5.10 Å². The van der Waals surface area contributed by atoms with Crippen LogP contribution in [0.2, 0.25) is 0 Å². The standard InChI is InChI=1S/C19H17F2N3/c1-11-3-4-12(2)17(9-11)24-19-15(7-8-22-19)18(23-24)14-6-5-13(20)10-16(14)21/h3-6,9-10,22H,7-8H2,1-2H3. The van der Waals surface area contributed by atoms with Crippen LogP contribution in [0, 0.1) is 25.5 Å². The van der Waals surface area contributed by atoms with Gasteiger partial charge in [-0.25, -0.2) is 13.5 Å². The molecule has 2 aromatic carbocycles. The number of nitrogens with zero attached hydrogens (tertiary/aromatic N) is 2. The SMILES string of the molecule is Cc1ccc(C)c(-n2nc(-c3ccc(F)cc3F)c3c2NCC3)c1. The minimum Gasteiger partial charge on any atom is -0.369 e. The molecule has 5 heteroatoms. The van der Waals surface area contributed by atoms with Gasteiger partial charge in [0.15, 0.2) is 0 Å². The fraction of sp³-hybridized carbons (Fsp3) is 0.211. The number of hydrogen-bond acceptors (Lipinski definition) is 2. The van der Waals surface area contributed by atoms with Crippen molar-refractivity contribution < 1.29 is 8.78 Å². The van der Waals surface area contributed by atoms with E-state index in [0.29, 0.717) is 11.3 Å². The molecule has 4 rings (SSSR count). The monoisotopic (exact) mass is 325 g/mol. The van der Waals surface area contributed by atoms with Gasteiger partial charge in [-0.1, -0.05) is 12.1 Å². The average molecular weight is 325 g/mol. The molecule has 2 heterocycles. The van der Waals surface area contributed by atoms with E-state index in [4.69, 9.17) is 0 Å². The second-order valence-corrected chi connectivity index (χ2v) is 6.18. The zero-order valence-corrected chi connectivity index (χ0v) is 13.5. The van der Waals surface area contributed by atoms with E-state index in [1.54, 1.807) is 0 Å². The van der Waals surface area contributed by atoms with Crippen LogP contribution >= 0.6 is 0 Å². The first-order valence-electron chi connectivity index (χ1n) is 7.93. The lowest BCUT2D eigenvalue weighted by molar-refractivity contribution is 0.585. The fourth-order valence-electron chi connectivity index (χ4n) is 3.19. The first kappa shape index (κ1) is 14.9. The maximum Gasteiger partial charge on any atom is 0.135 e. The number of benzene rings is 2. The van der Waals surface area contributed by atoms with Gasteiger partial charge in [0.05, 0.1) is 5.69 Å². The fourth-order valence-corrected chi connectivity index (χ4v) is 3.19. The number of anilines is 1. The molecule has 1 aliphatic heterocycles. The van der Waals surface area contributed by atoms with Gasteiger partial charge >= 0.3 is 0 Å². The lowest BCUT2D eigenvalue weighted by Gasteiger charge is -2.10. The highest BCUT2D eigenvalue weighted by atomic mass is 19.1. The van der Waals surface area contributed by atoms with Crippen molar-refractivity contribution >= 4 is 5.82 Å². The number of rotatable bonds is 2. The molecule has 24 heavy (non-hydrogen) atoms. The summed E-state index contributed by atoms with van der Waals surface area (Å²) in [6.45, 7) is 4.84. The number of halogens is 2. The van der Waals surface area contributed by atoms with Crippen LogP contribution in [-0.4, -0.2) is 16.3 Å². The average Bonchev–Trinajstić information content (AvgIpc) is 3.13. The van der Waals surface area contributed by atoms with E-state index in [2.05, 4.69) is 22.5 Å². The highest BCUT2D eigenvalue weighted by Crippen LogP contribution is 2.36. The molecule has 1 N–H and O–H groups in total. The summed E-state index contributed by atoms with van der Waals surface area (Å²) in [4.78, 5) is 0. The number of nitrogens with one attached hydrogen (secondary N) is 1. The van der Waals surface area contributed by atoms with Crippen LogP contribution < -0.4 is 5.32 Å². The van der Waals surface area contributed by atoms with Crippen LogP contribution in [0.25, 0.3) is 16.9 Å². The minimum absolute atomic E-state index is 0.334. The molecule has 0 radical (unpaired) electrons. The summed E-state index contributed by atoms with van der Waals surface area (Å²) in [7, 11) is 0. The Bertz CT molecular complexity index is 944. The molecule has 122 valence electrons. The van der Waals surface area contributed by atoms with Crippen molar-refractivity contribution in [2.75, 3.05) is 11.9 Å². The van der Waals surface area contributed by atoms with Gasteiger partial charge in [0.1, 0.15) is 23.1 Å². The van der Waals surface area contributed by atoms with Crippen molar-refractivity contribution in [3.05, 3.63) is 64.7 Å². The molecule has 0 saturated carbocycles. The van der Waals surface area contributed by atoms with Crippen LogP contribution in [0.15, 0.2) is 36.4 Å². The quantitative estimate of drug-likeness (QED) is 0.757. The Balaban J connectivity index is 1.94. The van der Waals surface area contributed by atoms with Crippen LogP contribution in [0.4, 0.5) is 14.6 Å². The highest BCUT2D eigenvalue weighted by Gasteiger charge is 2.26. The molecular weight excluding hydrogens is 308 g/mol. The third-order valence-corrected chi connectivity index (χ3v) is 4.43. The van der Waals surface area contributed by atoms with E-state index in [1.165, 1.54) is 12.1 Å². The third-order valence-electron chi connectivity index (χ3n) is 4.43. The predicted octanol–water partition coefficient (Wildman–Crippen LogP) is 4.40. The van der Waals surface area contributed by atoms with Gasteiger partial charge in [-0.05, 0) is 49.6 Å². The van der Waals surface area contributed by atoms with Crippen molar-refractivity contribution in [1.82, 2.24) is 9.78 Å². The van der Waals surface area contributed by atoms with Gasteiger partial charge < -0.3 is 5.32 Å². The number of aromatic nitrogens is 2. The molecule has 0 bridgehead atoms. The molecule has 1 aliphatic rings. The Kier molecular flexibility index (Phi) is 3.37. The second-order valence-electron chi connectivity index (χ2n) is 6.18. The summed E-state index contributed by atoms with van der Waals surface area (Å²) < 4.78 is 29.3. The van der Waals surface area contributed by atoms with E-state index in [-0.39, 0.29) is 0 Å². The van der Waals surface area contributed by atoms with Crippen molar-refractivity contribution in [3.63, 3.8) is 0 Å². The maximum absolute atomic E-state index is 14.3. The molecule has 0 fully saturated rings. The number of fused-ring (bicyclic) bond motifs is 1. The van der Waals surface area contributed by atoms with E-state index in [9.17, 15) is 8.78 Å². The first-order chi connectivity index (χ1) is 11.5. The molecule has 0 aliphatic carbocycles. The minimum atomic E-state index is -0.588. The smallest absolute Gasteiger partial charge is 0.135 e. The summed E-state index contributed by atoms with van der Waals surface area (Å²) in [5, 5.41) is 8.00. The van der Waals surface area contributed by atoms with E-state index in [1.807, 2.05) is 24.6 Å². The molecule has 0 unspecified atom stereocenters. The number of aryl methyl sites for hydroxylation is 2. The summed E-state index contributed by atoms with van der Waals surface area (Å²) in [6, 6.07) is 9.79. The lowest BCUT2D eigenvalue weighted by Crippen LogP contribution is -2.06. The second kappa shape index (κ2) is 5.44. The summed E-state index contributed by atoms with van der Waals surface area (Å²) >= 11 is 0. The summed E-state index contributed by atoms with van der Waals surface area (Å²) in [6.07, 6.45) is 0.770. The molecule has 0 amide bonds. The van der Waals surface area contributed by atoms with Gasteiger partial charge in [-0.3, -0.25) is 0 Å². The van der Waals surface area contributed by atoms with Gasteiger partial charge in [-0.15, -0.1) is 0 Å². The van der Waals surface area contributed by atoms with Crippen LogP contribution in [0.5, 0.6) is 0 Å². The molecular formula is C19H17F2N3. The topological polar surface area (TPSA) is 29.9 Å². The Hall–Kier alpha value is -2.69. The van der Waals surface area contributed by atoms with Crippen molar-refractivity contribution in [2.45, 2.75) is 20.3 Å². The zero-order valence-electron chi connectivity index (χ0n) is 13.5. The largest absolute Gasteiger partial charge is 0.369 e. The number of hydrogen-bond donors (Lipinski definition) is 1. The van der Waals surface area contributed by atoms with Crippen LogP contribution in [0.3, 0.4) is 0 Å². The lowest BCUT2D eigenvalue weighted by atomic mass is 10.1. The van der Waals surface area contributed by atoms with Crippen LogP contribution in [0.1, 0.15) is 16.7 Å². The molecule has 0 atom stereocenters. The molecule has 0 spiro atoms. The molecule has 3 aromatic rings. The van der Waals surface area contributed by atoms with E-state index in [0.717, 1.165) is 47.2 Å².